The maximum Gasteiger partial charge on any atom is 0.267 e. The van der Waals surface area contributed by atoms with Crippen molar-refractivity contribution in [2.75, 3.05) is 24.6 Å². The Morgan fingerprint density at radius 2 is 1.63 bits per heavy atom. The predicted octanol–water partition coefficient (Wildman–Crippen LogP) is 2.96. The fourth-order valence-electron chi connectivity index (χ4n) is 2.87. The van der Waals surface area contributed by atoms with Crippen LogP contribution in [-0.4, -0.2) is 46.6 Å². The number of carbonyl (C=O) groups excluding carboxylic acids is 2. The molecule has 2 aromatic rings. The van der Waals surface area contributed by atoms with E-state index < -0.39 is 5.91 Å². The van der Waals surface area contributed by atoms with Crippen LogP contribution in [0.5, 0.6) is 0 Å². The highest BCUT2D eigenvalue weighted by atomic mass is 32.2. The van der Waals surface area contributed by atoms with Gasteiger partial charge in [-0.2, -0.15) is 11.8 Å². The highest BCUT2D eigenvalue weighted by Gasteiger charge is 2.17. The van der Waals surface area contributed by atoms with E-state index >= 15 is 0 Å². The Labute approximate surface area is 178 Å². The van der Waals surface area contributed by atoms with E-state index in [9.17, 15) is 14.0 Å². The fraction of sp³-hybridized carbons (Fsp3) is 0.182. The number of hydrogen-bond acceptors (Lipinski definition) is 5. The van der Waals surface area contributed by atoms with Crippen LogP contribution >= 0.6 is 11.8 Å². The Balaban J connectivity index is 1.84. The van der Waals surface area contributed by atoms with Crippen molar-refractivity contribution >= 4 is 41.3 Å². The monoisotopic (exact) mass is 427 g/mol. The second-order valence-corrected chi connectivity index (χ2v) is 7.81. The fourth-order valence-corrected chi connectivity index (χ4v) is 3.77. The summed E-state index contributed by atoms with van der Waals surface area (Å²) >= 11 is 1.85. The first-order chi connectivity index (χ1) is 14.5. The summed E-state index contributed by atoms with van der Waals surface area (Å²) < 4.78 is 13.4. The molecular formula is C22H22FN3O3S. The molecule has 0 bridgehead atoms. The third-order valence-electron chi connectivity index (χ3n) is 4.46. The van der Waals surface area contributed by atoms with Gasteiger partial charge in [0.15, 0.2) is 0 Å². The molecule has 3 N–H and O–H groups in total. The van der Waals surface area contributed by atoms with Crippen LogP contribution in [0.15, 0.2) is 54.6 Å². The molecule has 1 aliphatic rings. The number of hydroxylamine groups is 1. The number of benzene rings is 2. The van der Waals surface area contributed by atoms with Crippen molar-refractivity contribution in [2.45, 2.75) is 0 Å². The Kier molecular flexibility index (Phi) is 7.78. The minimum atomic E-state index is -0.620. The summed E-state index contributed by atoms with van der Waals surface area (Å²) in [7, 11) is 0. The molecule has 3 rings (SSSR count). The zero-order valence-corrected chi connectivity index (χ0v) is 17.0. The molecule has 30 heavy (non-hydrogen) atoms. The van der Waals surface area contributed by atoms with Crippen LogP contribution in [0, 0.1) is 5.82 Å². The zero-order valence-electron chi connectivity index (χ0n) is 16.2. The van der Waals surface area contributed by atoms with Gasteiger partial charge in [-0.3, -0.25) is 20.2 Å². The van der Waals surface area contributed by atoms with Crippen LogP contribution < -0.4 is 10.9 Å². The molecule has 0 aliphatic carbocycles. The molecule has 0 atom stereocenters. The minimum absolute atomic E-state index is 0.253. The van der Waals surface area contributed by atoms with Gasteiger partial charge in [-0.05, 0) is 41.0 Å². The van der Waals surface area contributed by atoms with E-state index in [0.29, 0.717) is 11.1 Å². The number of nitrogens with one attached hydrogen (secondary N) is 2. The molecule has 2 aromatic carbocycles. The lowest BCUT2D eigenvalue weighted by Gasteiger charge is -2.27. The number of hydrogen-bond donors (Lipinski definition) is 3. The molecule has 1 saturated heterocycles. The summed E-state index contributed by atoms with van der Waals surface area (Å²) in [6, 6.07) is 13.0. The maximum atomic E-state index is 13.4. The summed E-state index contributed by atoms with van der Waals surface area (Å²) in [5, 5.41) is 10.4. The van der Waals surface area contributed by atoms with Crippen molar-refractivity contribution in [3.8, 4) is 0 Å². The van der Waals surface area contributed by atoms with E-state index in [4.69, 9.17) is 5.21 Å². The van der Waals surface area contributed by atoms with Crippen molar-refractivity contribution in [1.82, 2.24) is 15.9 Å². The van der Waals surface area contributed by atoms with Gasteiger partial charge in [0.05, 0.1) is 0 Å². The number of carbonyl (C=O) groups is 2. The van der Waals surface area contributed by atoms with Crippen LogP contribution in [0.1, 0.15) is 16.7 Å². The molecule has 156 valence electrons. The number of nitrogens with zero attached hydrogens (tertiary/aromatic N) is 1. The normalized spacial score (nSPS) is 15.2. The highest BCUT2D eigenvalue weighted by molar-refractivity contribution is 7.99. The third kappa shape index (κ3) is 6.28. The molecule has 8 heteroatoms. The summed E-state index contributed by atoms with van der Waals surface area (Å²) in [6.45, 7) is 1.55. The molecule has 1 aliphatic heterocycles. The first-order valence-corrected chi connectivity index (χ1v) is 10.5. The topological polar surface area (TPSA) is 81.7 Å². The Bertz CT molecular complexity index is 937. The molecular weight excluding hydrogens is 405 g/mol. The number of thioether (sulfide) groups is 1. The first kappa shape index (κ1) is 21.8. The smallest absolute Gasteiger partial charge is 0.267 e. The number of hydrazine groups is 1. The summed E-state index contributed by atoms with van der Waals surface area (Å²) in [6.07, 6.45) is 4.51. The van der Waals surface area contributed by atoms with E-state index in [1.165, 1.54) is 23.7 Å². The van der Waals surface area contributed by atoms with E-state index in [0.717, 1.165) is 35.7 Å². The number of halogens is 1. The average Bonchev–Trinajstić information content (AvgIpc) is 2.78. The summed E-state index contributed by atoms with van der Waals surface area (Å²) in [5.41, 5.74) is 7.05. The maximum absolute atomic E-state index is 13.4. The molecule has 0 spiro atoms. The van der Waals surface area contributed by atoms with Gasteiger partial charge in [-0.25, -0.2) is 14.9 Å². The third-order valence-corrected chi connectivity index (χ3v) is 5.40. The van der Waals surface area contributed by atoms with Crippen LogP contribution in [-0.2, 0) is 9.59 Å². The van der Waals surface area contributed by atoms with E-state index in [1.54, 1.807) is 36.4 Å². The Morgan fingerprint density at radius 3 is 2.27 bits per heavy atom. The molecule has 1 fully saturated rings. The standard InChI is InChI=1S/C22H22FN3O3S/c23-19-8-6-18(7-9-19)20(22(28)24-26-11-13-30-14-12-26)15-17-3-1-16(2-4-17)5-10-21(27)25-29/h1-10,15,29H,11-14H2,(H,24,28)(H,25,27). The van der Waals surface area contributed by atoms with E-state index in [-0.39, 0.29) is 11.7 Å². The second-order valence-electron chi connectivity index (χ2n) is 6.58. The zero-order chi connectivity index (χ0) is 21.3. The minimum Gasteiger partial charge on any atom is -0.288 e. The SMILES string of the molecule is O=C(C=Cc1ccc(C=C(C(=O)NN2CCSCC2)c2ccc(F)cc2)cc1)NO. The van der Waals surface area contributed by atoms with Gasteiger partial charge >= 0.3 is 0 Å². The van der Waals surface area contributed by atoms with Crippen LogP contribution in [0.2, 0.25) is 0 Å². The number of rotatable bonds is 6. The van der Waals surface area contributed by atoms with Gasteiger partial charge in [-0.15, -0.1) is 0 Å². The van der Waals surface area contributed by atoms with Crippen LogP contribution in [0.3, 0.4) is 0 Å². The van der Waals surface area contributed by atoms with Crippen LogP contribution in [0.25, 0.3) is 17.7 Å². The molecule has 0 radical (unpaired) electrons. The van der Waals surface area contributed by atoms with E-state index in [2.05, 4.69) is 5.43 Å². The molecule has 0 saturated carbocycles. The van der Waals surface area contributed by atoms with Crippen LogP contribution in [0.4, 0.5) is 4.39 Å². The molecule has 0 unspecified atom stereocenters. The molecule has 0 aromatic heterocycles. The van der Waals surface area contributed by atoms with Crippen molar-refractivity contribution in [1.29, 1.82) is 0 Å². The van der Waals surface area contributed by atoms with Gasteiger partial charge < -0.3 is 0 Å². The van der Waals surface area contributed by atoms with E-state index in [1.807, 2.05) is 28.9 Å². The molecule has 2 amide bonds. The van der Waals surface area contributed by atoms with Gasteiger partial charge in [0.1, 0.15) is 5.82 Å². The second kappa shape index (κ2) is 10.7. The van der Waals surface area contributed by atoms with Gasteiger partial charge in [0.2, 0.25) is 0 Å². The highest BCUT2D eigenvalue weighted by Crippen LogP contribution is 2.20. The Morgan fingerprint density at radius 1 is 1.00 bits per heavy atom. The van der Waals surface area contributed by atoms with Crippen molar-refractivity contribution in [2.24, 2.45) is 0 Å². The lowest BCUT2D eigenvalue weighted by atomic mass is 10.0. The largest absolute Gasteiger partial charge is 0.288 e. The first-order valence-electron chi connectivity index (χ1n) is 9.39. The molecule has 6 nitrogen and oxygen atoms in total. The van der Waals surface area contributed by atoms with Gasteiger partial charge in [0, 0.05) is 36.2 Å². The van der Waals surface area contributed by atoms with Gasteiger partial charge in [-0.1, -0.05) is 36.4 Å². The van der Waals surface area contributed by atoms with Gasteiger partial charge in [0.25, 0.3) is 11.8 Å². The number of amides is 2. The average molecular weight is 428 g/mol. The summed E-state index contributed by atoms with van der Waals surface area (Å²) in [4.78, 5) is 24.1. The molecule has 1 heterocycles. The predicted molar refractivity (Wildman–Crippen MR) is 117 cm³/mol. The lowest BCUT2D eigenvalue weighted by molar-refractivity contribution is -0.124. The lowest BCUT2D eigenvalue weighted by Crippen LogP contribution is -2.46. The van der Waals surface area contributed by atoms with Crippen molar-refractivity contribution in [3.05, 3.63) is 77.1 Å². The quantitative estimate of drug-likeness (QED) is 0.286. The Hall–Kier alpha value is -2.94. The van der Waals surface area contributed by atoms with Crippen molar-refractivity contribution < 1.29 is 19.2 Å². The summed E-state index contributed by atoms with van der Waals surface area (Å²) in [5.74, 6) is 0.676. The van der Waals surface area contributed by atoms with Crippen molar-refractivity contribution in [3.63, 3.8) is 0 Å².